The van der Waals surface area contributed by atoms with Crippen LogP contribution in [0.1, 0.15) is 35.1 Å². The SMILES string of the molecule is O=S(=O)(NCc1ccccc1)c1ccc2c(c1)C1C=CCC1C(c1c3ccccc3cc3ccccc13)N2. The third kappa shape index (κ3) is 3.90. The molecule has 7 rings (SSSR count). The molecule has 0 fully saturated rings. The van der Waals surface area contributed by atoms with Crippen molar-refractivity contribution in [1.29, 1.82) is 0 Å². The van der Waals surface area contributed by atoms with Gasteiger partial charge in [-0.2, -0.15) is 0 Å². The van der Waals surface area contributed by atoms with Gasteiger partial charge in [0.15, 0.2) is 0 Å². The maximum absolute atomic E-state index is 13.2. The molecule has 2 aliphatic rings. The maximum Gasteiger partial charge on any atom is 0.240 e. The van der Waals surface area contributed by atoms with E-state index in [1.54, 1.807) is 6.07 Å². The van der Waals surface area contributed by atoms with Gasteiger partial charge in [0, 0.05) is 18.2 Å². The van der Waals surface area contributed by atoms with E-state index in [-0.39, 0.29) is 18.5 Å². The molecule has 188 valence electrons. The summed E-state index contributed by atoms with van der Waals surface area (Å²) in [6, 6.07) is 34.7. The predicted octanol–water partition coefficient (Wildman–Crippen LogP) is 7.30. The Morgan fingerprint density at radius 3 is 2.21 bits per heavy atom. The van der Waals surface area contributed by atoms with Gasteiger partial charge in [-0.25, -0.2) is 13.1 Å². The van der Waals surface area contributed by atoms with Crippen LogP contribution >= 0.6 is 0 Å². The molecular weight excluding hydrogens is 488 g/mol. The number of nitrogens with one attached hydrogen (secondary N) is 2. The minimum absolute atomic E-state index is 0.108. The topological polar surface area (TPSA) is 58.2 Å². The van der Waals surface area contributed by atoms with E-state index in [1.165, 1.54) is 27.1 Å². The smallest absolute Gasteiger partial charge is 0.240 e. The Hall–Kier alpha value is -3.93. The molecule has 0 bridgehead atoms. The first-order valence-corrected chi connectivity index (χ1v) is 14.6. The molecule has 1 aliphatic carbocycles. The van der Waals surface area contributed by atoms with Crippen LogP contribution in [0.5, 0.6) is 0 Å². The number of benzene rings is 5. The number of sulfonamides is 1. The molecule has 0 aromatic heterocycles. The summed E-state index contributed by atoms with van der Waals surface area (Å²) in [5, 5.41) is 8.86. The molecule has 1 aliphatic heterocycles. The van der Waals surface area contributed by atoms with E-state index in [0.717, 1.165) is 23.2 Å². The van der Waals surface area contributed by atoms with E-state index < -0.39 is 10.0 Å². The zero-order chi connectivity index (χ0) is 25.7. The number of rotatable bonds is 5. The van der Waals surface area contributed by atoms with Gasteiger partial charge in [0.25, 0.3) is 0 Å². The highest BCUT2D eigenvalue weighted by Gasteiger charge is 2.39. The summed E-state index contributed by atoms with van der Waals surface area (Å²) in [5.41, 5.74) is 4.30. The molecule has 5 aromatic carbocycles. The Kier molecular flexibility index (Phi) is 5.57. The molecule has 0 spiro atoms. The first-order chi connectivity index (χ1) is 18.6. The molecule has 0 amide bonds. The van der Waals surface area contributed by atoms with E-state index in [9.17, 15) is 8.42 Å². The molecule has 3 unspecified atom stereocenters. The zero-order valence-corrected chi connectivity index (χ0v) is 21.7. The highest BCUT2D eigenvalue weighted by molar-refractivity contribution is 7.89. The van der Waals surface area contributed by atoms with Gasteiger partial charge in [0.1, 0.15) is 0 Å². The van der Waals surface area contributed by atoms with Crippen molar-refractivity contribution in [1.82, 2.24) is 4.72 Å². The van der Waals surface area contributed by atoms with E-state index in [4.69, 9.17) is 0 Å². The Bertz CT molecular complexity index is 1760. The van der Waals surface area contributed by atoms with Crippen LogP contribution in [0.15, 0.2) is 120 Å². The van der Waals surface area contributed by atoms with Crippen molar-refractivity contribution in [2.45, 2.75) is 29.8 Å². The molecule has 38 heavy (non-hydrogen) atoms. The molecule has 5 heteroatoms. The third-order valence-corrected chi connectivity index (χ3v) is 9.48. The van der Waals surface area contributed by atoms with Crippen molar-refractivity contribution < 1.29 is 8.42 Å². The number of hydrogen-bond donors (Lipinski definition) is 2. The largest absolute Gasteiger partial charge is 0.378 e. The molecule has 2 N–H and O–H groups in total. The number of hydrogen-bond acceptors (Lipinski definition) is 3. The van der Waals surface area contributed by atoms with Crippen molar-refractivity contribution in [3.63, 3.8) is 0 Å². The molecule has 3 atom stereocenters. The minimum Gasteiger partial charge on any atom is -0.378 e. The fourth-order valence-corrected chi connectivity index (χ4v) is 7.32. The average Bonchev–Trinajstić information content (AvgIpc) is 3.45. The molecule has 0 radical (unpaired) electrons. The molecule has 4 nitrogen and oxygen atoms in total. The lowest BCUT2D eigenvalue weighted by atomic mass is 9.75. The second kappa shape index (κ2) is 9.12. The monoisotopic (exact) mass is 516 g/mol. The summed E-state index contributed by atoms with van der Waals surface area (Å²) in [6.07, 6.45) is 5.46. The van der Waals surface area contributed by atoms with Crippen molar-refractivity contribution in [3.8, 4) is 0 Å². The van der Waals surface area contributed by atoms with E-state index in [2.05, 4.69) is 76.8 Å². The molecule has 5 aromatic rings. The Labute approximate surface area is 223 Å². The van der Waals surface area contributed by atoms with Crippen molar-refractivity contribution in [3.05, 3.63) is 132 Å². The average molecular weight is 517 g/mol. The summed E-state index contributed by atoms with van der Waals surface area (Å²) >= 11 is 0. The Morgan fingerprint density at radius 1 is 0.789 bits per heavy atom. The summed E-state index contributed by atoms with van der Waals surface area (Å²) in [6.45, 7) is 0.265. The lowest BCUT2D eigenvalue weighted by Crippen LogP contribution is -2.30. The van der Waals surface area contributed by atoms with Crippen LogP contribution in [0, 0.1) is 5.92 Å². The van der Waals surface area contributed by atoms with Crippen LogP contribution in [0.25, 0.3) is 21.5 Å². The van der Waals surface area contributed by atoms with Crippen LogP contribution in [0.3, 0.4) is 0 Å². The third-order valence-electron chi connectivity index (χ3n) is 8.08. The summed E-state index contributed by atoms with van der Waals surface area (Å²) < 4.78 is 29.2. The molecular formula is C33H28N2O2S. The highest BCUT2D eigenvalue weighted by atomic mass is 32.2. The van der Waals surface area contributed by atoms with E-state index in [1.807, 2.05) is 42.5 Å². The van der Waals surface area contributed by atoms with Gasteiger partial charge in [0.05, 0.1) is 10.9 Å². The predicted molar refractivity (Wildman–Crippen MR) is 155 cm³/mol. The summed E-state index contributed by atoms with van der Waals surface area (Å²) in [4.78, 5) is 0.307. The summed E-state index contributed by atoms with van der Waals surface area (Å²) in [5.74, 6) is 0.449. The van der Waals surface area contributed by atoms with Crippen molar-refractivity contribution >= 4 is 37.3 Å². The molecule has 1 heterocycles. The van der Waals surface area contributed by atoms with E-state index >= 15 is 0 Å². The fraction of sp³-hybridized carbons (Fsp3) is 0.152. The lowest BCUT2D eigenvalue weighted by molar-refractivity contribution is 0.428. The van der Waals surface area contributed by atoms with Gasteiger partial charge in [-0.15, -0.1) is 0 Å². The molecule has 0 saturated heterocycles. The molecule has 0 saturated carbocycles. The lowest BCUT2D eigenvalue weighted by Gasteiger charge is -2.38. The Morgan fingerprint density at radius 2 is 1.47 bits per heavy atom. The second-order valence-corrected chi connectivity index (χ2v) is 12.0. The number of allylic oxidation sites excluding steroid dienone is 2. The van der Waals surface area contributed by atoms with Crippen LogP contribution in [-0.2, 0) is 16.6 Å². The van der Waals surface area contributed by atoms with Gasteiger partial charge < -0.3 is 5.32 Å². The zero-order valence-electron chi connectivity index (χ0n) is 20.8. The Balaban J connectivity index is 1.29. The minimum atomic E-state index is -3.65. The number of anilines is 1. The van der Waals surface area contributed by atoms with Crippen molar-refractivity contribution in [2.24, 2.45) is 5.92 Å². The van der Waals surface area contributed by atoms with Crippen molar-refractivity contribution in [2.75, 3.05) is 5.32 Å². The van der Waals surface area contributed by atoms with Gasteiger partial charge in [0.2, 0.25) is 10.0 Å². The fourth-order valence-electron chi connectivity index (χ4n) is 6.27. The van der Waals surface area contributed by atoms with Crippen LogP contribution < -0.4 is 10.0 Å². The maximum atomic E-state index is 13.2. The summed E-state index contributed by atoms with van der Waals surface area (Å²) in [7, 11) is -3.65. The van der Waals surface area contributed by atoms with E-state index in [0.29, 0.717) is 10.8 Å². The van der Waals surface area contributed by atoms with Gasteiger partial charge in [-0.1, -0.05) is 91.0 Å². The second-order valence-electron chi connectivity index (χ2n) is 10.3. The van der Waals surface area contributed by atoms with Crippen LogP contribution in [0.4, 0.5) is 5.69 Å². The van der Waals surface area contributed by atoms with Gasteiger partial charge in [-0.3, -0.25) is 0 Å². The van der Waals surface area contributed by atoms with Gasteiger partial charge >= 0.3 is 0 Å². The standard InChI is InChI=1S/C33H28N2O2S/c36-38(37,34-21-22-9-2-1-3-10-22)25-17-18-31-30(20-25)28-15-8-16-29(28)33(35-31)32-26-13-6-4-11-23(26)19-24-12-5-7-14-27(24)32/h1-15,17-20,28-29,33-35H,16,21H2. The normalized spacial score (nSPS) is 20.3. The quantitative estimate of drug-likeness (QED) is 0.190. The number of fused-ring (bicyclic) bond motifs is 5. The first kappa shape index (κ1) is 23.2. The first-order valence-electron chi connectivity index (χ1n) is 13.1. The van der Waals surface area contributed by atoms with Crippen LogP contribution in [0.2, 0.25) is 0 Å². The van der Waals surface area contributed by atoms with Crippen LogP contribution in [-0.4, -0.2) is 8.42 Å². The van der Waals surface area contributed by atoms with Gasteiger partial charge in [-0.05, 0) is 74.8 Å². The highest BCUT2D eigenvalue weighted by Crippen LogP contribution is 2.52.